The van der Waals surface area contributed by atoms with Gasteiger partial charge in [-0.05, 0) is 62.3 Å². The Balaban J connectivity index is 1.64. The fourth-order valence-electron chi connectivity index (χ4n) is 5.59. The van der Waals surface area contributed by atoms with Gasteiger partial charge in [-0.3, -0.25) is 4.79 Å². The van der Waals surface area contributed by atoms with E-state index in [2.05, 4.69) is 19.9 Å². The third kappa shape index (κ3) is 3.71. The molecule has 3 aromatic carbocycles. The van der Waals surface area contributed by atoms with E-state index < -0.39 is 11.6 Å². The second-order valence-corrected chi connectivity index (χ2v) is 9.56. The minimum absolute atomic E-state index is 0.0573. The molecule has 1 heterocycles. The number of aliphatic hydroxyl groups is 1. The number of hydrogen-bond donors (Lipinski definition) is 1. The highest BCUT2D eigenvalue weighted by Gasteiger charge is 2.50. The molecule has 0 spiro atoms. The maximum atomic E-state index is 14.1. The molecule has 0 saturated carbocycles. The predicted octanol–water partition coefficient (Wildman–Crippen LogP) is 6.02. The molecular formula is C30H31NO2. The van der Waals surface area contributed by atoms with Gasteiger partial charge < -0.3 is 10.0 Å². The van der Waals surface area contributed by atoms with Crippen molar-refractivity contribution in [2.24, 2.45) is 5.92 Å². The molecule has 3 nitrogen and oxygen atoms in total. The molecule has 0 saturated heterocycles. The molecule has 0 radical (unpaired) electrons. The van der Waals surface area contributed by atoms with Gasteiger partial charge in [-0.1, -0.05) is 90.0 Å². The summed E-state index contributed by atoms with van der Waals surface area (Å²) >= 11 is 0. The molecule has 1 amide bonds. The van der Waals surface area contributed by atoms with Gasteiger partial charge in [0.15, 0.2) is 0 Å². The number of carbonyl (C=O) groups is 1. The minimum atomic E-state index is -1.33. The highest BCUT2D eigenvalue weighted by molar-refractivity contribution is 5.98. The van der Waals surface area contributed by atoms with E-state index in [-0.39, 0.29) is 11.8 Å². The van der Waals surface area contributed by atoms with Crippen LogP contribution in [0.1, 0.15) is 49.8 Å². The molecular weight excluding hydrogens is 406 g/mol. The zero-order valence-corrected chi connectivity index (χ0v) is 19.4. The fraction of sp³-hybridized carbons (Fsp3) is 0.300. The molecule has 1 N–H and O–H groups in total. The lowest BCUT2D eigenvalue weighted by molar-refractivity contribution is -0.124. The molecule has 168 valence electrons. The van der Waals surface area contributed by atoms with E-state index in [9.17, 15) is 9.90 Å². The van der Waals surface area contributed by atoms with Crippen molar-refractivity contribution in [2.45, 2.75) is 51.2 Å². The van der Waals surface area contributed by atoms with Crippen LogP contribution in [0.3, 0.4) is 0 Å². The Hall–Kier alpha value is -3.17. The molecule has 0 unspecified atom stereocenters. The molecule has 1 aliphatic carbocycles. The van der Waals surface area contributed by atoms with Gasteiger partial charge in [0, 0.05) is 11.6 Å². The van der Waals surface area contributed by atoms with Crippen molar-refractivity contribution in [3.05, 3.63) is 113 Å². The van der Waals surface area contributed by atoms with Crippen molar-refractivity contribution in [3.8, 4) is 0 Å². The van der Waals surface area contributed by atoms with Crippen molar-refractivity contribution in [2.75, 3.05) is 4.90 Å². The Kier molecular flexibility index (Phi) is 5.67. The lowest BCUT2D eigenvalue weighted by atomic mass is 9.78. The molecule has 3 heteroatoms. The summed E-state index contributed by atoms with van der Waals surface area (Å²) in [4.78, 5) is 16.1. The number of para-hydroxylation sites is 1. The monoisotopic (exact) mass is 437 g/mol. The number of nitrogens with zero attached hydrogens (tertiary/aromatic N) is 1. The Labute approximate surface area is 196 Å². The van der Waals surface area contributed by atoms with Crippen LogP contribution >= 0.6 is 0 Å². The van der Waals surface area contributed by atoms with Gasteiger partial charge in [0.1, 0.15) is 5.60 Å². The van der Waals surface area contributed by atoms with E-state index in [0.717, 1.165) is 41.6 Å². The quantitative estimate of drug-likeness (QED) is 0.507. The van der Waals surface area contributed by atoms with E-state index >= 15 is 0 Å². The van der Waals surface area contributed by atoms with Crippen LogP contribution in [0.4, 0.5) is 5.69 Å². The van der Waals surface area contributed by atoms with Crippen LogP contribution in [0.5, 0.6) is 0 Å². The summed E-state index contributed by atoms with van der Waals surface area (Å²) in [6.07, 6.45) is 3.24. The number of benzene rings is 3. The van der Waals surface area contributed by atoms with Crippen molar-refractivity contribution in [3.63, 3.8) is 0 Å². The van der Waals surface area contributed by atoms with E-state index in [1.807, 2.05) is 83.8 Å². The second-order valence-electron chi connectivity index (χ2n) is 9.56. The van der Waals surface area contributed by atoms with E-state index in [1.165, 1.54) is 11.1 Å². The zero-order valence-electron chi connectivity index (χ0n) is 19.4. The lowest BCUT2D eigenvalue weighted by Crippen LogP contribution is -2.54. The number of amides is 1. The summed E-state index contributed by atoms with van der Waals surface area (Å²) in [6.45, 7) is 4.32. The summed E-state index contributed by atoms with van der Waals surface area (Å²) in [5.74, 6) is 0.0697. The smallest absolute Gasteiger partial charge is 0.230 e. The molecule has 3 aromatic rings. The van der Waals surface area contributed by atoms with Crippen LogP contribution in [0.15, 0.2) is 96.1 Å². The number of rotatable bonds is 4. The Morgan fingerprint density at radius 1 is 0.818 bits per heavy atom. The molecule has 0 bridgehead atoms. The van der Waals surface area contributed by atoms with Gasteiger partial charge in [-0.15, -0.1) is 0 Å². The van der Waals surface area contributed by atoms with Crippen molar-refractivity contribution in [1.82, 2.24) is 0 Å². The van der Waals surface area contributed by atoms with Crippen LogP contribution < -0.4 is 4.90 Å². The number of allylic oxidation sites excluding steroid dienone is 2. The topological polar surface area (TPSA) is 40.5 Å². The molecule has 2 atom stereocenters. The van der Waals surface area contributed by atoms with E-state index in [1.54, 1.807) is 0 Å². The molecule has 33 heavy (non-hydrogen) atoms. The number of hydrogen-bond acceptors (Lipinski definition) is 2. The minimum Gasteiger partial charge on any atom is -0.378 e. The maximum Gasteiger partial charge on any atom is 0.230 e. The van der Waals surface area contributed by atoms with Gasteiger partial charge in [-0.2, -0.15) is 0 Å². The molecule has 0 fully saturated rings. The maximum absolute atomic E-state index is 14.1. The SMILES string of the molecule is CC1=C(C)C[C@H](C(=O)N2c3ccccc3C[C@H]2C(O)(c2ccccc2)c2ccccc2)CC1. The first-order valence-corrected chi connectivity index (χ1v) is 11.9. The largest absolute Gasteiger partial charge is 0.378 e. The van der Waals surface area contributed by atoms with Crippen LogP contribution in [0.25, 0.3) is 0 Å². The van der Waals surface area contributed by atoms with Crippen molar-refractivity contribution >= 4 is 11.6 Å². The van der Waals surface area contributed by atoms with Crippen LogP contribution in [-0.4, -0.2) is 17.1 Å². The highest BCUT2D eigenvalue weighted by Crippen LogP contribution is 2.45. The summed E-state index contributed by atoms with van der Waals surface area (Å²) in [7, 11) is 0. The van der Waals surface area contributed by atoms with Gasteiger partial charge >= 0.3 is 0 Å². The van der Waals surface area contributed by atoms with Gasteiger partial charge in [-0.25, -0.2) is 0 Å². The lowest BCUT2D eigenvalue weighted by Gasteiger charge is -2.41. The summed E-state index contributed by atoms with van der Waals surface area (Å²) in [5.41, 5.74) is 5.06. The highest BCUT2D eigenvalue weighted by atomic mass is 16.3. The third-order valence-corrected chi connectivity index (χ3v) is 7.62. The Bertz CT molecular complexity index is 1140. The van der Waals surface area contributed by atoms with Crippen molar-refractivity contribution in [1.29, 1.82) is 0 Å². The van der Waals surface area contributed by atoms with Gasteiger partial charge in [0.25, 0.3) is 0 Å². The molecule has 0 aromatic heterocycles. The predicted molar refractivity (Wildman–Crippen MR) is 133 cm³/mol. The van der Waals surface area contributed by atoms with Crippen molar-refractivity contribution < 1.29 is 9.90 Å². The zero-order chi connectivity index (χ0) is 23.0. The summed E-state index contributed by atoms with van der Waals surface area (Å²) in [5, 5.41) is 12.5. The molecule has 2 aliphatic rings. The number of fused-ring (bicyclic) bond motifs is 1. The first-order chi connectivity index (χ1) is 16.0. The van der Waals surface area contributed by atoms with E-state index in [4.69, 9.17) is 0 Å². The van der Waals surface area contributed by atoms with Gasteiger partial charge in [0.05, 0.1) is 6.04 Å². The van der Waals surface area contributed by atoms with Crippen LogP contribution in [-0.2, 0) is 16.8 Å². The Morgan fingerprint density at radius 2 is 1.39 bits per heavy atom. The number of anilines is 1. The van der Waals surface area contributed by atoms with Gasteiger partial charge in [0.2, 0.25) is 5.91 Å². The normalized spacial score (nSPS) is 20.6. The summed E-state index contributed by atoms with van der Waals surface area (Å²) in [6, 6.07) is 27.3. The van der Waals surface area contributed by atoms with Crippen LogP contribution in [0.2, 0.25) is 0 Å². The number of carbonyl (C=O) groups excluding carboxylic acids is 1. The first-order valence-electron chi connectivity index (χ1n) is 11.9. The standard InChI is InChI=1S/C30H31NO2/c1-21-17-18-24(19-22(21)2)29(32)31-27-16-10-9-11-23(27)20-28(31)30(33,25-12-5-3-6-13-25)26-14-7-4-8-15-26/h3-16,24,28,33H,17-20H2,1-2H3/t24-,28+/m1/s1. The van der Waals surface area contributed by atoms with E-state index in [0.29, 0.717) is 6.42 Å². The average Bonchev–Trinajstić information content (AvgIpc) is 3.26. The third-order valence-electron chi connectivity index (χ3n) is 7.62. The Morgan fingerprint density at radius 3 is 2.00 bits per heavy atom. The molecule has 1 aliphatic heterocycles. The average molecular weight is 438 g/mol. The summed E-state index contributed by atoms with van der Waals surface area (Å²) < 4.78 is 0. The first kappa shape index (κ1) is 21.7. The second kappa shape index (κ2) is 8.64. The fourth-order valence-corrected chi connectivity index (χ4v) is 5.59. The van der Waals surface area contributed by atoms with Crippen LogP contribution in [0, 0.1) is 5.92 Å². The molecule has 5 rings (SSSR count).